The van der Waals surface area contributed by atoms with Crippen LogP contribution in [-0.4, -0.2) is 22.8 Å². The van der Waals surface area contributed by atoms with Crippen molar-refractivity contribution in [2.24, 2.45) is 0 Å². The van der Waals surface area contributed by atoms with Crippen molar-refractivity contribution >= 4 is 11.8 Å². The van der Waals surface area contributed by atoms with E-state index in [2.05, 4.69) is 15.5 Å². The summed E-state index contributed by atoms with van der Waals surface area (Å²) in [5, 5.41) is 9.94. The van der Waals surface area contributed by atoms with Crippen LogP contribution in [-0.2, 0) is 9.53 Å². The Hall–Kier alpha value is -2.70. The Morgan fingerprint density at radius 1 is 1.28 bits per heavy atom. The van der Waals surface area contributed by atoms with E-state index < -0.39 is 23.5 Å². The van der Waals surface area contributed by atoms with Gasteiger partial charge in [0.2, 0.25) is 0 Å². The normalized spacial score (nSPS) is 16.4. The molecule has 7 heteroatoms. The van der Waals surface area contributed by atoms with E-state index in [1.165, 1.54) is 6.20 Å². The van der Waals surface area contributed by atoms with Gasteiger partial charge in [-0.3, -0.25) is 5.10 Å². The van der Waals surface area contributed by atoms with Crippen LogP contribution in [0, 0.1) is 11.6 Å². The third-order valence-electron chi connectivity index (χ3n) is 4.13. The zero-order valence-electron chi connectivity index (χ0n) is 14.0. The Kier molecular flexibility index (Phi) is 4.83. The van der Waals surface area contributed by atoms with Gasteiger partial charge in [-0.05, 0) is 31.5 Å². The van der Waals surface area contributed by atoms with Crippen LogP contribution in [0.5, 0.6) is 0 Å². The van der Waals surface area contributed by atoms with E-state index >= 15 is 0 Å². The molecule has 5 nitrogen and oxygen atoms in total. The van der Waals surface area contributed by atoms with Crippen LogP contribution >= 0.6 is 0 Å². The highest BCUT2D eigenvalue weighted by molar-refractivity contribution is 5.94. The Morgan fingerprint density at radius 2 is 2.08 bits per heavy atom. The number of hydrogen-bond acceptors (Lipinski definition) is 4. The van der Waals surface area contributed by atoms with E-state index in [9.17, 15) is 13.6 Å². The number of ether oxygens (including phenoxy) is 1. The highest BCUT2D eigenvalue weighted by atomic mass is 19.1. The third kappa shape index (κ3) is 3.14. The molecule has 1 aromatic heterocycles. The zero-order chi connectivity index (χ0) is 18.0. The zero-order valence-corrected chi connectivity index (χ0v) is 14.0. The SMILES string of the molecule is CCCC1=C(C(=O)OCC)C(c2cc(F)ccc2F)c2cn[nH]c2N1. The molecule has 0 saturated carbocycles. The first-order valence-electron chi connectivity index (χ1n) is 8.22. The van der Waals surface area contributed by atoms with Gasteiger partial charge in [-0.15, -0.1) is 0 Å². The molecule has 25 heavy (non-hydrogen) atoms. The Morgan fingerprint density at radius 3 is 2.80 bits per heavy atom. The summed E-state index contributed by atoms with van der Waals surface area (Å²) >= 11 is 0. The number of hydrogen-bond donors (Lipinski definition) is 2. The molecular weight excluding hydrogens is 328 g/mol. The molecule has 132 valence electrons. The van der Waals surface area contributed by atoms with E-state index in [0.29, 0.717) is 29.1 Å². The molecule has 3 rings (SSSR count). The summed E-state index contributed by atoms with van der Waals surface area (Å²) in [5.74, 6) is -1.91. The number of rotatable bonds is 5. The number of allylic oxidation sites excluding steroid dienone is 1. The average molecular weight is 347 g/mol. The van der Waals surface area contributed by atoms with E-state index in [1.807, 2.05) is 6.92 Å². The molecule has 0 radical (unpaired) electrons. The number of halogens is 2. The van der Waals surface area contributed by atoms with Crippen molar-refractivity contribution in [2.45, 2.75) is 32.6 Å². The standard InChI is InChI=1S/C18H19F2N3O2/c1-3-5-14-16(18(24)25-4-2)15(12-9-21-23-17(12)22-14)11-8-10(19)6-7-13(11)20/h6-9,15H,3-5H2,1-2H3,(H2,21,22,23). The first kappa shape index (κ1) is 17.1. The minimum Gasteiger partial charge on any atom is -0.463 e. The molecule has 0 saturated heterocycles. The van der Waals surface area contributed by atoms with Gasteiger partial charge < -0.3 is 10.1 Å². The molecule has 0 fully saturated rings. The summed E-state index contributed by atoms with van der Waals surface area (Å²) in [5.41, 5.74) is 1.58. The second-order valence-corrected chi connectivity index (χ2v) is 5.79. The molecule has 1 aliphatic rings. The van der Waals surface area contributed by atoms with Crippen molar-refractivity contribution in [3.8, 4) is 0 Å². The van der Waals surface area contributed by atoms with Gasteiger partial charge in [0.1, 0.15) is 17.5 Å². The molecule has 1 aliphatic heterocycles. The van der Waals surface area contributed by atoms with Crippen molar-refractivity contribution in [1.29, 1.82) is 0 Å². The molecule has 0 amide bonds. The van der Waals surface area contributed by atoms with Crippen molar-refractivity contribution in [2.75, 3.05) is 11.9 Å². The summed E-state index contributed by atoms with van der Waals surface area (Å²) in [4.78, 5) is 12.6. The molecule has 1 aromatic carbocycles. The summed E-state index contributed by atoms with van der Waals surface area (Å²) in [7, 11) is 0. The van der Waals surface area contributed by atoms with E-state index in [4.69, 9.17) is 4.74 Å². The molecule has 1 atom stereocenters. The lowest BCUT2D eigenvalue weighted by molar-refractivity contribution is -0.138. The monoisotopic (exact) mass is 347 g/mol. The molecule has 0 bridgehead atoms. The molecule has 2 heterocycles. The lowest BCUT2D eigenvalue weighted by atomic mass is 9.81. The molecule has 2 N–H and O–H groups in total. The fraction of sp³-hybridized carbons (Fsp3) is 0.333. The predicted octanol–water partition coefficient (Wildman–Crippen LogP) is 3.86. The number of benzene rings is 1. The Labute approximate surface area is 144 Å². The maximum absolute atomic E-state index is 14.5. The lowest BCUT2D eigenvalue weighted by Gasteiger charge is -2.28. The maximum Gasteiger partial charge on any atom is 0.336 e. The number of anilines is 1. The van der Waals surface area contributed by atoms with Crippen LogP contribution in [0.1, 0.15) is 43.7 Å². The number of carbonyl (C=O) groups excluding carboxylic acids is 1. The number of nitrogens with zero attached hydrogens (tertiary/aromatic N) is 1. The van der Waals surface area contributed by atoms with Crippen molar-refractivity contribution in [1.82, 2.24) is 10.2 Å². The fourth-order valence-corrected chi connectivity index (χ4v) is 3.12. The van der Waals surface area contributed by atoms with Gasteiger partial charge in [-0.1, -0.05) is 13.3 Å². The summed E-state index contributed by atoms with van der Waals surface area (Å²) in [6.07, 6.45) is 2.85. The number of nitrogens with one attached hydrogen (secondary N) is 2. The van der Waals surface area contributed by atoms with Gasteiger partial charge in [-0.2, -0.15) is 5.10 Å². The number of aromatic nitrogens is 2. The molecule has 2 aromatic rings. The largest absolute Gasteiger partial charge is 0.463 e. The fourth-order valence-electron chi connectivity index (χ4n) is 3.12. The topological polar surface area (TPSA) is 67.0 Å². The first-order chi connectivity index (χ1) is 12.1. The quantitative estimate of drug-likeness (QED) is 0.806. The Balaban J connectivity index is 2.22. The van der Waals surface area contributed by atoms with Crippen LogP contribution in [0.4, 0.5) is 14.6 Å². The highest BCUT2D eigenvalue weighted by Crippen LogP contribution is 2.43. The van der Waals surface area contributed by atoms with Crippen molar-refractivity contribution in [3.63, 3.8) is 0 Å². The molecular formula is C18H19F2N3O2. The van der Waals surface area contributed by atoms with Gasteiger partial charge in [0.25, 0.3) is 0 Å². The first-order valence-corrected chi connectivity index (χ1v) is 8.22. The van der Waals surface area contributed by atoms with Gasteiger partial charge in [0.05, 0.1) is 24.3 Å². The number of fused-ring (bicyclic) bond motifs is 1. The minimum absolute atomic E-state index is 0.0841. The number of carbonyl (C=O) groups is 1. The van der Waals surface area contributed by atoms with E-state index in [1.54, 1.807) is 6.92 Å². The smallest absolute Gasteiger partial charge is 0.336 e. The van der Waals surface area contributed by atoms with Gasteiger partial charge in [0, 0.05) is 16.8 Å². The third-order valence-corrected chi connectivity index (χ3v) is 4.13. The maximum atomic E-state index is 14.5. The van der Waals surface area contributed by atoms with Gasteiger partial charge in [0.15, 0.2) is 0 Å². The Bertz CT molecular complexity index is 829. The van der Waals surface area contributed by atoms with Crippen molar-refractivity contribution in [3.05, 3.63) is 58.4 Å². The predicted molar refractivity (Wildman–Crippen MR) is 89.0 cm³/mol. The van der Waals surface area contributed by atoms with Gasteiger partial charge in [-0.25, -0.2) is 13.6 Å². The highest BCUT2D eigenvalue weighted by Gasteiger charge is 2.36. The van der Waals surface area contributed by atoms with Crippen molar-refractivity contribution < 1.29 is 18.3 Å². The summed E-state index contributed by atoms with van der Waals surface area (Å²) < 4.78 is 33.5. The number of H-pyrrole nitrogens is 1. The van der Waals surface area contributed by atoms with Crippen LogP contribution in [0.25, 0.3) is 0 Å². The average Bonchev–Trinajstić information content (AvgIpc) is 3.04. The van der Waals surface area contributed by atoms with Gasteiger partial charge >= 0.3 is 5.97 Å². The van der Waals surface area contributed by atoms with Crippen LogP contribution in [0.2, 0.25) is 0 Å². The van der Waals surface area contributed by atoms with Crippen LogP contribution in [0.3, 0.4) is 0 Å². The molecule has 0 aliphatic carbocycles. The van der Waals surface area contributed by atoms with Crippen LogP contribution < -0.4 is 5.32 Å². The second-order valence-electron chi connectivity index (χ2n) is 5.79. The second kappa shape index (κ2) is 7.04. The summed E-state index contributed by atoms with van der Waals surface area (Å²) in [6, 6.07) is 3.23. The van der Waals surface area contributed by atoms with E-state index in [-0.39, 0.29) is 12.2 Å². The number of esters is 1. The molecule has 1 unspecified atom stereocenters. The minimum atomic E-state index is -0.786. The van der Waals surface area contributed by atoms with E-state index in [0.717, 1.165) is 24.6 Å². The molecule has 0 spiro atoms. The number of aromatic amines is 1. The van der Waals surface area contributed by atoms with Crippen LogP contribution in [0.15, 0.2) is 35.7 Å². The lowest BCUT2D eigenvalue weighted by Crippen LogP contribution is -2.25. The summed E-state index contributed by atoms with van der Waals surface area (Å²) in [6.45, 7) is 3.87.